The van der Waals surface area contributed by atoms with Crippen LogP contribution in [-0.2, 0) is 13.1 Å². The minimum atomic E-state index is -0.554. The van der Waals surface area contributed by atoms with Crippen molar-refractivity contribution < 1.29 is 14.4 Å². The second-order valence-electron chi connectivity index (χ2n) is 8.03. The molecule has 10 nitrogen and oxygen atoms in total. The van der Waals surface area contributed by atoms with Crippen molar-refractivity contribution in [1.82, 2.24) is 24.5 Å². The molecule has 3 N–H and O–H groups in total. The molecule has 0 bridgehead atoms. The lowest BCUT2D eigenvalue weighted by Crippen LogP contribution is -2.37. The number of nitrogens with two attached hydrogens (primary N) is 1. The molecule has 0 saturated heterocycles. The maximum Gasteiger partial charge on any atom is 0.279 e. The summed E-state index contributed by atoms with van der Waals surface area (Å²) in [5.41, 5.74) is 9.76. The van der Waals surface area contributed by atoms with Crippen LogP contribution in [0.1, 0.15) is 57.8 Å². The Morgan fingerprint density at radius 1 is 0.861 bits per heavy atom. The molecule has 0 aliphatic rings. The van der Waals surface area contributed by atoms with Gasteiger partial charge in [0.05, 0.1) is 17.1 Å². The topological polar surface area (TPSA) is 144 Å². The lowest BCUT2D eigenvalue weighted by atomic mass is 10.1. The second-order valence-corrected chi connectivity index (χ2v) is 9.53. The Bertz CT molecular complexity index is 1380. The highest BCUT2D eigenvalue weighted by Crippen LogP contribution is 2.28. The van der Waals surface area contributed by atoms with E-state index < -0.39 is 11.8 Å². The SMILES string of the molecule is Cc1cc(C(=O)NCc2ccc(CN)cc2)ccc1N(C(=O)c1snnc1C)C(=O)c1snnc1C. The van der Waals surface area contributed by atoms with Crippen molar-refractivity contribution in [2.75, 3.05) is 4.90 Å². The molecule has 0 radical (unpaired) electrons. The second kappa shape index (κ2) is 10.8. The van der Waals surface area contributed by atoms with E-state index in [1.54, 1.807) is 39.0 Å². The van der Waals surface area contributed by atoms with Crippen molar-refractivity contribution in [2.45, 2.75) is 33.9 Å². The van der Waals surface area contributed by atoms with Crippen LogP contribution in [0.4, 0.5) is 5.69 Å². The van der Waals surface area contributed by atoms with Crippen molar-refractivity contribution in [2.24, 2.45) is 5.73 Å². The van der Waals surface area contributed by atoms with E-state index in [1.165, 1.54) is 0 Å². The van der Waals surface area contributed by atoms with Crippen LogP contribution in [0.15, 0.2) is 42.5 Å². The Morgan fingerprint density at radius 3 is 1.89 bits per heavy atom. The average Bonchev–Trinajstić information content (AvgIpc) is 3.51. The van der Waals surface area contributed by atoms with Crippen LogP contribution in [-0.4, -0.2) is 36.9 Å². The molecule has 0 aliphatic carbocycles. The summed E-state index contributed by atoms with van der Waals surface area (Å²) in [5.74, 6) is -1.38. The van der Waals surface area contributed by atoms with Gasteiger partial charge in [-0.25, -0.2) is 4.90 Å². The molecule has 0 fully saturated rings. The Balaban J connectivity index is 1.61. The summed E-state index contributed by atoms with van der Waals surface area (Å²) in [6, 6.07) is 12.5. The number of rotatable bonds is 7. The fraction of sp³-hybridized carbons (Fsp3) is 0.208. The molecule has 0 unspecified atom stereocenters. The first kappa shape index (κ1) is 25.2. The minimum absolute atomic E-state index is 0.250. The van der Waals surface area contributed by atoms with Crippen molar-refractivity contribution >= 4 is 46.5 Å². The maximum absolute atomic E-state index is 13.5. The lowest BCUT2D eigenvalue weighted by molar-refractivity contribution is 0.0899. The Hall–Kier alpha value is -3.87. The largest absolute Gasteiger partial charge is 0.348 e. The van der Waals surface area contributed by atoms with Gasteiger partial charge in [-0.2, -0.15) is 0 Å². The first-order valence-electron chi connectivity index (χ1n) is 10.9. The van der Waals surface area contributed by atoms with Gasteiger partial charge in [0.15, 0.2) is 0 Å². The van der Waals surface area contributed by atoms with Gasteiger partial charge in [-0.1, -0.05) is 33.2 Å². The van der Waals surface area contributed by atoms with Gasteiger partial charge in [-0.3, -0.25) is 14.4 Å². The first-order valence-corrected chi connectivity index (χ1v) is 12.5. The van der Waals surface area contributed by atoms with E-state index >= 15 is 0 Å². The molecule has 4 rings (SSSR count). The average molecular weight is 522 g/mol. The summed E-state index contributed by atoms with van der Waals surface area (Å²) < 4.78 is 7.65. The molecule has 12 heteroatoms. The molecule has 0 saturated carbocycles. The molecular weight excluding hydrogens is 498 g/mol. The molecule has 2 aromatic carbocycles. The standard InChI is InChI=1S/C24H23N7O3S2/c1-13-10-18(22(32)26-12-17-6-4-16(11-25)5-7-17)8-9-19(13)31(23(33)20-14(2)27-29-35-20)24(34)21-15(3)28-30-36-21/h4-10H,11-12,25H2,1-3H3,(H,26,32). The van der Waals surface area contributed by atoms with Crippen LogP contribution in [0.25, 0.3) is 0 Å². The van der Waals surface area contributed by atoms with E-state index in [0.29, 0.717) is 41.3 Å². The van der Waals surface area contributed by atoms with Gasteiger partial charge in [-0.15, -0.1) is 10.2 Å². The van der Waals surface area contributed by atoms with E-state index in [9.17, 15) is 14.4 Å². The van der Waals surface area contributed by atoms with Gasteiger partial charge in [0, 0.05) is 18.7 Å². The van der Waals surface area contributed by atoms with Crippen LogP contribution < -0.4 is 16.0 Å². The van der Waals surface area contributed by atoms with Crippen LogP contribution in [0, 0.1) is 20.8 Å². The zero-order valence-electron chi connectivity index (χ0n) is 19.8. The predicted octanol–water partition coefficient (Wildman–Crippen LogP) is 3.19. The van der Waals surface area contributed by atoms with Crippen LogP contribution in [0.3, 0.4) is 0 Å². The highest BCUT2D eigenvalue weighted by atomic mass is 32.1. The normalized spacial score (nSPS) is 10.8. The number of benzene rings is 2. The number of hydrogen-bond donors (Lipinski definition) is 2. The third-order valence-corrected chi connectivity index (χ3v) is 7.14. The molecule has 0 spiro atoms. The molecule has 0 atom stereocenters. The first-order chi connectivity index (χ1) is 17.3. The lowest BCUT2D eigenvalue weighted by Gasteiger charge is -2.22. The molecule has 2 aromatic heterocycles. The van der Waals surface area contributed by atoms with E-state index in [-0.39, 0.29) is 15.7 Å². The van der Waals surface area contributed by atoms with Crippen LogP contribution in [0.2, 0.25) is 0 Å². The number of carbonyl (C=O) groups is 3. The quantitative estimate of drug-likeness (QED) is 0.353. The fourth-order valence-electron chi connectivity index (χ4n) is 3.49. The van der Waals surface area contributed by atoms with Crippen LogP contribution >= 0.6 is 23.1 Å². The molecule has 3 amide bonds. The van der Waals surface area contributed by atoms with Gasteiger partial charge in [0.25, 0.3) is 17.7 Å². The number of hydrogen-bond acceptors (Lipinski definition) is 10. The molecule has 184 valence electrons. The van der Waals surface area contributed by atoms with E-state index in [0.717, 1.165) is 39.1 Å². The summed E-state index contributed by atoms with van der Waals surface area (Å²) in [5, 5.41) is 10.7. The smallest absolute Gasteiger partial charge is 0.279 e. The van der Waals surface area contributed by atoms with Crippen molar-refractivity contribution in [3.8, 4) is 0 Å². The summed E-state index contributed by atoms with van der Waals surface area (Å²) in [6.07, 6.45) is 0. The molecule has 0 aliphatic heterocycles. The van der Waals surface area contributed by atoms with E-state index in [1.807, 2.05) is 24.3 Å². The summed E-state index contributed by atoms with van der Waals surface area (Å²) in [4.78, 5) is 41.3. The summed E-state index contributed by atoms with van der Waals surface area (Å²) in [7, 11) is 0. The monoisotopic (exact) mass is 521 g/mol. The zero-order valence-corrected chi connectivity index (χ0v) is 21.4. The number of aryl methyl sites for hydroxylation is 3. The fourth-order valence-corrected chi connectivity index (χ4v) is 4.67. The highest BCUT2D eigenvalue weighted by molar-refractivity contribution is 7.09. The zero-order chi connectivity index (χ0) is 25.8. The number of imide groups is 1. The van der Waals surface area contributed by atoms with Crippen molar-refractivity contribution in [3.63, 3.8) is 0 Å². The predicted molar refractivity (Wildman–Crippen MR) is 137 cm³/mol. The Labute approximate surface area is 215 Å². The number of amides is 3. The maximum atomic E-state index is 13.5. The third kappa shape index (κ3) is 5.20. The van der Waals surface area contributed by atoms with E-state index in [4.69, 9.17) is 5.73 Å². The molecule has 2 heterocycles. The van der Waals surface area contributed by atoms with Crippen LogP contribution in [0.5, 0.6) is 0 Å². The highest BCUT2D eigenvalue weighted by Gasteiger charge is 2.32. The van der Waals surface area contributed by atoms with Gasteiger partial charge in [-0.05, 0) is 78.7 Å². The van der Waals surface area contributed by atoms with E-state index in [2.05, 4.69) is 24.5 Å². The van der Waals surface area contributed by atoms with Gasteiger partial charge in [0.1, 0.15) is 9.75 Å². The summed E-state index contributed by atoms with van der Waals surface area (Å²) >= 11 is 1.83. The Morgan fingerprint density at radius 2 is 1.42 bits per heavy atom. The number of aromatic nitrogens is 4. The number of carbonyl (C=O) groups excluding carboxylic acids is 3. The van der Waals surface area contributed by atoms with Gasteiger partial charge >= 0.3 is 0 Å². The minimum Gasteiger partial charge on any atom is -0.348 e. The molecule has 4 aromatic rings. The molecular formula is C24H23N7O3S2. The van der Waals surface area contributed by atoms with Gasteiger partial charge in [0.2, 0.25) is 0 Å². The number of anilines is 1. The summed E-state index contributed by atoms with van der Waals surface area (Å²) in [6.45, 7) is 5.85. The Kier molecular flexibility index (Phi) is 7.58. The van der Waals surface area contributed by atoms with Gasteiger partial charge < -0.3 is 11.1 Å². The van der Waals surface area contributed by atoms with Crippen molar-refractivity contribution in [3.05, 3.63) is 85.9 Å². The van der Waals surface area contributed by atoms with Crippen molar-refractivity contribution in [1.29, 1.82) is 0 Å². The third-order valence-electron chi connectivity index (χ3n) is 5.51. The number of nitrogens with one attached hydrogen (secondary N) is 1. The molecule has 36 heavy (non-hydrogen) atoms. The number of nitrogens with zero attached hydrogens (tertiary/aromatic N) is 5.